The van der Waals surface area contributed by atoms with Crippen LogP contribution in [0.3, 0.4) is 0 Å². The smallest absolute Gasteiger partial charge is 0.341 e. The number of hydrogen-bond donors (Lipinski definition) is 1. The SMILES string of the molecule is CCCCOc1ccc(/C=C/C(=O)Nc2sc(C)c(-c3cccc(Cl)c3)c2C(=O)OC)cc1OCC. The molecule has 1 N–H and O–H groups in total. The van der Waals surface area contributed by atoms with E-state index in [0.29, 0.717) is 45.9 Å². The van der Waals surface area contributed by atoms with Gasteiger partial charge in [-0.2, -0.15) is 0 Å². The molecular formula is C28H30ClNO5S. The number of halogens is 1. The summed E-state index contributed by atoms with van der Waals surface area (Å²) >= 11 is 7.48. The summed E-state index contributed by atoms with van der Waals surface area (Å²) in [5.41, 5.74) is 2.55. The van der Waals surface area contributed by atoms with Crippen molar-refractivity contribution in [1.29, 1.82) is 0 Å². The normalized spacial score (nSPS) is 10.9. The van der Waals surface area contributed by atoms with E-state index in [-0.39, 0.29) is 5.91 Å². The van der Waals surface area contributed by atoms with E-state index in [1.165, 1.54) is 24.5 Å². The molecule has 2 aromatic carbocycles. The lowest BCUT2D eigenvalue weighted by molar-refractivity contribution is -0.111. The zero-order valence-electron chi connectivity index (χ0n) is 20.9. The van der Waals surface area contributed by atoms with Crippen LogP contribution in [0.15, 0.2) is 48.5 Å². The van der Waals surface area contributed by atoms with E-state index in [9.17, 15) is 9.59 Å². The molecule has 1 aromatic heterocycles. The summed E-state index contributed by atoms with van der Waals surface area (Å²) in [7, 11) is 1.31. The average molecular weight is 528 g/mol. The number of ether oxygens (including phenoxy) is 3. The molecule has 0 spiro atoms. The van der Waals surface area contributed by atoms with E-state index in [4.69, 9.17) is 25.8 Å². The Morgan fingerprint density at radius 1 is 1.08 bits per heavy atom. The van der Waals surface area contributed by atoms with Crippen molar-refractivity contribution >= 4 is 45.9 Å². The van der Waals surface area contributed by atoms with Gasteiger partial charge in [-0.3, -0.25) is 4.79 Å². The molecule has 3 rings (SSSR count). The first-order chi connectivity index (χ1) is 17.4. The van der Waals surface area contributed by atoms with Crippen molar-refractivity contribution in [3.05, 3.63) is 69.6 Å². The van der Waals surface area contributed by atoms with Gasteiger partial charge in [0.1, 0.15) is 10.6 Å². The van der Waals surface area contributed by atoms with Crippen LogP contribution in [0.25, 0.3) is 17.2 Å². The van der Waals surface area contributed by atoms with E-state index in [2.05, 4.69) is 12.2 Å². The van der Waals surface area contributed by atoms with Gasteiger partial charge in [0, 0.05) is 21.5 Å². The van der Waals surface area contributed by atoms with Crippen molar-refractivity contribution in [3.63, 3.8) is 0 Å². The van der Waals surface area contributed by atoms with E-state index in [1.807, 2.05) is 44.2 Å². The number of hydrogen-bond acceptors (Lipinski definition) is 6. The first kappa shape index (κ1) is 27.3. The monoisotopic (exact) mass is 527 g/mol. The van der Waals surface area contributed by atoms with Crippen molar-refractivity contribution in [2.45, 2.75) is 33.6 Å². The summed E-state index contributed by atoms with van der Waals surface area (Å²) < 4.78 is 16.5. The molecule has 0 fully saturated rings. The molecule has 0 saturated carbocycles. The molecule has 1 amide bonds. The summed E-state index contributed by atoms with van der Waals surface area (Å²) in [4.78, 5) is 26.3. The van der Waals surface area contributed by atoms with Crippen molar-refractivity contribution < 1.29 is 23.8 Å². The largest absolute Gasteiger partial charge is 0.490 e. The number of thiophene rings is 1. The minimum absolute atomic E-state index is 0.302. The van der Waals surface area contributed by atoms with Crippen molar-refractivity contribution in [2.75, 3.05) is 25.6 Å². The number of methoxy groups -OCH3 is 1. The minimum atomic E-state index is -0.534. The number of unbranched alkanes of at least 4 members (excludes halogenated alkanes) is 1. The highest BCUT2D eigenvalue weighted by Crippen LogP contribution is 2.41. The minimum Gasteiger partial charge on any atom is -0.490 e. The second-order valence-electron chi connectivity index (χ2n) is 7.90. The molecule has 0 bridgehead atoms. The van der Waals surface area contributed by atoms with Crippen molar-refractivity contribution in [1.82, 2.24) is 0 Å². The summed E-state index contributed by atoms with van der Waals surface area (Å²) in [6.45, 7) is 7.02. The van der Waals surface area contributed by atoms with Gasteiger partial charge in [0.05, 0.1) is 20.3 Å². The van der Waals surface area contributed by atoms with Crippen LogP contribution in [0.5, 0.6) is 11.5 Å². The number of anilines is 1. The second kappa shape index (κ2) is 13.1. The third-order valence-corrected chi connectivity index (χ3v) is 6.53. The molecule has 3 aromatic rings. The van der Waals surface area contributed by atoms with E-state index < -0.39 is 5.97 Å². The van der Waals surface area contributed by atoms with E-state index in [1.54, 1.807) is 18.2 Å². The second-order valence-corrected chi connectivity index (χ2v) is 9.56. The Hall–Kier alpha value is -3.29. The zero-order chi connectivity index (χ0) is 26.1. The van der Waals surface area contributed by atoms with Crippen LogP contribution in [0.1, 0.15) is 47.5 Å². The van der Waals surface area contributed by atoms with Crippen LogP contribution < -0.4 is 14.8 Å². The third-order valence-electron chi connectivity index (χ3n) is 5.27. The molecule has 0 saturated heterocycles. The van der Waals surface area contributed by atoms with Crippen LogP contribution in [0.4, 0.5) is 5.00 Å². The van der Waals surface area contributed by atoms with Gasteiger partial charge < -0.3 is 19.5 Å². The van der Waals surface area contributed by atoms with Gasteiger partial charge in [-0.1, -0.05) is 43.1 Å². The lowest BCUT2D eigenvalue weighted by Gasteiger charge is -2.12. The number of rotatable bonds is 11. The summed E-state index contributed by atoms with van der Waals surface area (Å²) in [5.74, 6) is 0.398. The van der Waals surface area contributed by atoms with Gasteiger partial charge in [-0.05, 0) is 61.7 Å². The van der Waals surface area contributed by atoms with Crippen LogP contribution in [-0.2, 0) is 9.53 Å². The number of esters is 1. The number of carbonyl (C=O) groups is 2. The van der Waals surface area contributed by atoms with Crippen molar-refractivity contribution in [2.24, 2.45) is 0 Å². The number of carbonyl (C=O) groups excluding carboxylic acids is 2. The van der Waals surface area contributed by atoms with Gasteiger partial charge in [0.15, 0.2) is 11.5 Å². The molecule has 0 aliphatic carbocycles. The molecule has 0 aliphatic rings. The molecule has 0 unspecified atom stereocenters. The van der Waals surface area contributed by atoms with Gasteiger partial charge in [0.25, 0.3) is 0 Å². The molecule has 0 atom stereocenters. The fourth-order valence-corrected chi connectivity index (χ4v) is 4.85. The molecule has 8 heteroatoms. The predicted octanol–water partition coefficient (Wildman–Crippen LogP) is 7.39. The van der Waals surface area contributed by atoms with E-state index >= 15 is 0 Å². The van der Waals surface area contributed by atoms with Gasteiger partial charge in [-0.25, -0.2) is 4.79 Å². The van der Waals surface area contributed by atoms with Crippen LogP contribution in [0.2, 0.25) is 5.02 Å². The van der Waals surface area contributed by atoms with Gasteiger partial charge in [-0.15, -0.1) is 11.3 Å². The fourth-order valence-electron chi connectivity index (χ4n) is 3.59. The predicted molar refractivity (Wildman–Crippen MR) is 147 cm³/mol. The summed E-state index contributed by atoms with van der Waals surface area (Å²) in [5, 5.41) is 3.80. The zero-order valence-corrected chi connectivity index (χ0v) is 22.4. The van der Waals surface area contributed by atoms with E-state index in [0.717, 1.165) is 28.8 Å². The molecule has 6 nitrogen and oxygen atoms in total. The molecule has 0 radical (unpaired) electrons. The topological polar surface area (TPSA) is 73.9 Å². The van der Waals surface area contributed by atoms with Crippen LogP contribution >= 0.6 is 22.9 Å². The average Bonchev–Trinajstić information content (AvgIpc) is 3.18. The van der Waals surface area contributed by atoms with Gasteiger partial charge in [0.2, 0.25) is 5.91 Å². The Morgan fingerprint density at radius 3 is 2.58 bits per heavy atom. The first-order valence-electron chi connectivity index (χ1n) is 11.7. The lowest BCUT2D eigenvalue weighted by Crippen LogP contribution is -2.11. The lowest BCUT2D eigenvalue weighted by atomic mass is 10.0. The molecule has 0 aliphatic heterocycles. The standard InChI is InChI=1S/C28H30ClNO5S/c1-5-7-15-35-22-13-11-19(16-23(22)34-6-2)12-14-24(31)30-27-26(28(32)33-4)25(18(3)36-27)20-9-8-10-21(29)17-20/h8-14,16-17H,5-7,15H2,1-4H3,(H,30,31)/b14-12+. The highest BCUT2D eigenvalue weighted by atomic mass is 35.5. The highest BCUT2D eigenvalue weighted by Gasteiger charge is 2.25. The Labute approximate surface area is 220 Å². The molecule has 36 heavy (non-hydrogen) atoms. The number of benzene rings is 2. The number of nitrogens with one attached hydrogen (secondary N) is 1. The number of aryl methyl sites for hydroxylation is 1. The van der Waals surface area contributed by atoms with Gasteiger partial charge >= 0.3 is 5.97 Å². The fraction of sp³-hybridized carbons (Fsp3) is 0.286. The first-order valence-corrected chi connectivity index (χ1v) is 12.9. The van der Waals surface area contributed by atoms with Crippen LogP contribution in [0, 0.1) is 6.92 Å². The van der Waals surface area contributed by atoms with Crippen molar-refractivity contribution in [3.8, 4) is 22.6 Å². The quantitative estimate of drug-likeness (QED) is 0.160. The maximum atomic E-state index is 12.8. The molecular weight excluding hydrogens is 498 g/mol. The third kappa shape index (κ3) is 6.89. The highest BCUT2D eigenvalue weighted by molar-refractivity contribution is 7.17. The maximum absolute atomic E-state index is 12.8. The van der Waals surface area contributed by atoms with Crippen LogP contribution in [-0.4, -0.2) is 32.2 Å². The Bertz CT molecular complexity index is 1250. The Balaban J connectivity index is 1.83. The molecule has 1 heterocycles. The molecule has 190 valence electrons. The Morgan fingerprint density at radius 2 is 1.89 bits per heavy atom. The maximum Gasteiger partial charge on any atom is 0.341 e. The number of amides is 1. The summed E-state index contributed by atoms with van der Waals surface area (Å²) in [6, 6.07) is 12.8. The Kier molecular flexibility index (Phi) is 9.96. The summed E-state index contributed by atoms with van der Waals surface area (Å²) in [6.07, 6.45) is 5.10.